The topological polar surface area (TPSA) is 77.2 Å². The fourth-order valence-electron chi connectivity index (χ4n) is 2.55. The van der Waals surface area contributed by atoms with Crippen LogP contribution >= 0.6 is 23.1 Å². The molecule has 0 radical (unpaired) electrons. The number of ether oxygens (including phenoxy) is 1. The minimum atomic E-state index is -0.177. The first-order chi connectivity index (χ1) is 10.8. The van der Waals surface area contributed by atoms with Crippen LogP contribution in [0.15, 0.2) is 27.7 Å². The zero-order chi connectivity index (χ0) is 14.9. The highest BCUT2D eigenvalue weighted by molar-refractivity contribution is 7.98. The number of hydrogen-bond donors (Lipinski definition) is 1. The van der Waals surface area contributed by atoms with Crippen LogP contribution in [-0.4, -0.2) is 36.9 Å². The van der Waals surface area contributed by atoms with E-state index in [-0.39, 0.29) is 11.8 Å². The summed E-state index contributed by atoms with van der Waals surface area (Å²) in [5.41, 5.74) is 0.805. The first-order valence-corrected chi connectivity index (χ1v) is 8.97. The van der Waals surface area contributed by atoms with E-state index in [0.29, 0.717) is 17.5 Å². The highest BCUT2D eigenvalue weighted by atomic mass is 32.2. The number of hydrogen-bond acceptors (Lipinski definition) is 6. The van der Waals surface area contributed by atoms with Crippen molar-refractivity contribution in [1.82, 2.24) is 24.1 Å². The third kappa shape index (κ3) is 2.71. The van der Waals surface area contributed by atoms with Gasteiger partial charge >= 0.3 is 5.69 Å². The van der Waals surface area contributed by atoms with Crippen LogP contribution < -0.4 is 5.69 Å². The van der Waals surface area contributed by atoms with Gasteiger partial charge in [0.15, 0.2) is 10.1 Å². The smallest absolute Gasteiger partial charge is 0.344 e. The van der Waals surface area contributed by atoms with E-state index in [2.05, 4.69) is 15.2 Å². The summed E-state index contributed by atoms with van der Waals surface area (Å²) in [7, 11) is 0. The molecule has 3 aromatic heterocycles. The van der Waals surface area contributed by atoms with Gasteiger partial charge in [-0.25, -0.2) is 14.9 Å². The maximum Gasteiger partial charge on any atom is 0.344 e. The van der Waals surface area contributed by atoms with E-state index in [1.54, 1.807) is 15.9 Å². The average Bonchev–Trinajstić information content (AvgIpc) is 3.24. The number of aromatic nitrogens is 5. The Hall–Kier alpha value is -1.58. The van der Waals surface area contributed by atoms with E-state index in [0.717, 1.165) is 30.1 Å². The molecule has 116 valence electrons. The molecule has 0 aromatic carbocycles. The summed E-state index contributed by atoms with van der Waals surface area (Å²) >= 11 is 3.12. The second-order valence-corrected chi connectivity index (χ2v) is 6.99. The lowest BCUT2D eigenvalue weighted by Gasteiger charge is -2.10. The standard InChI is InChI=1S/C13H15N5O2S2/c19-11-15-16-13(18(11)7-10-2-1-4-20-10)22-8-9-6-17-3-5-21-12(17)14-9/h3,5-6,10H,1-2,4,7-8H2,(H,15,19)/t10-/m1/s1. The number of thiazole rings is 1. The van der Waals surface area contributed by atoms with Gasteiger partial charge in [-0.3, -0.25) is 8.97 Å². The molecule has 1 saturated heterocycles. The van der Waals surface area contributed by atoms with Crippen LogP contribution in [0.4, 0.5) is 0 Å². The van der Waals surface area contributed by atoms with Crippen LogP contribution in [0, 0.1) is 0 Å². The predicted octanol–water partition coefficient (Wildman–Crippen LogP) is 1.75. The van der Waals surface area contributed by atoms with Crippen LogP contribution in [0.1, 0.15) is 18.5 Å². The summed E-state index contributed by atoms with van der Waals surface area (Å²) in [6.07, 6.45) is 6.17. The van der Waals surface area contributed by atoms with E-state index in [1.807, 2.05) is 22.2 Å². The minimum absolute atomic E-state index is 0.118. The maximum atomic E-state index is 11.9. The second-order valence-electron chi connectivity index (χ2n) is 5.17. The highest BCUT2D eigenvalue weighted by Crippen LogP contribution is 2.22. The molecule has 0 aliphatic carbocycles. The van der Waals surface area contributed by atoms with Gasteiger partial charge in [-0.1, -0.05) is 11.8 Å². The zero-order valence-electron chi connectivity index (χ0n) is 11.8. The Morgan fingerprint density at radius 2 is 2.50 bits per heavy atom. The summed E-state index contributed by atoms with van der Waals surface area (Å²) in [5.74, 6) is 0.685. The van der Waals surface area contributed by atoms with Gasteiger partial charge in [0, 0.05) is 30.1 Å². The van der Waals surface area contributed by atoms with Crippen molar-refractivity contribution in [1.29, 1.82) is 0 Å². The summed E-state index contributed by atoms with van der Waals surface area (Å²) in [4.78, 5) is 17.4. The molecule has 0 amide bonds. The molecular formula is C13H15N5O2S2. The van der Waals surface area contributed by atoms with E-state index in [9.17, 15) is 4.79 Å². The number of imidazole rings is 1. The lowest BCUT2D eigenvalue weighted by atomic mass is 10.2. The lowest BCUT2D eigenvalue weighted by Crippen LogP contribution is -2.24. The van der Waals surface area contributed by atoms with E-state index >= 15 is 0 Å². The summed E-state index contributed by atoms with van der Waals surface area (Å²) < 4.78 is 9.27. The molecule has 1 N–H and O–H groups in total. The van der Waals surface area contributed by atoms with Crippen LogP contribution in [0.2, 0.25) is 0 Å². The molecule has 1 aliphatic heterocycles. The number of nitrogens with zero attached hydrogens (tertiary/aromatic N) is 4. The van der Waals surface area contributed by atoms with Gasteiger partial charge in [-0.2, -0.15) is 0 Å². The molecule has 4 heterocycles. The monoisotopic (exact) mass is 337 g/mol. The Morgan fingerprint density at radius 3 is 3.32 bits per heavy atom. The molecule has 7 nitrogen and oxygen atoms in total. The van der Waals surface area contributed by atoms with Gasteiger partial charge in [0.25, 0.3) is 0 Å². The summed E-state index contributed by atoms with van der Waals surface area (Å²) in [5, 5.41) is 9.34. The van der Waals surface area contributed by atoms with Crippen molar-refractivity contribution in [2.24, 2.45) is 0 Å². The van der Waals surface area contributed by atoms with Gasteiger partial charge in [0.2, 0.25) is 0 Å². The molecule has 1 aliphatic rings. The number of H-pyrrole nitrogens is 1. The summed E-state index contributed by atoms with van der Waals surface area (Å²) in [6.45, 7) is 1.35. The van der Waals surface area contributed by atoms with Crippen molar-refractivity contribution >= 4 is 28.1 Å². The Morgan fingerprint density at radius 1 is 1.55 bits per heavy atom. The molecule has 22 heavy (non-hydrogen) atoms. The molecule has 0 spiro atoms. The molecule has 4 rings (SSSR count). The third-order valence-electron chi connectivity index (χ3n) is 3.63. The Kier molecular flexibility index (Phi) is 3.77. The fourth-order valence-corrected chi connectivity index (χ4v) is 4.11. The normalized spacial score (nSPS) is 18.5. The molecule has 0 unspecified atom stereocenters. The number of nitrogens with one attached hydrogen (secondary N) is 1. The van der Waals surface area contributed by atoms with Crippen LogP contribution in [0.3, 0.4) is 0 Å². The van der Waals surface area contributed by atoms with Crippen molar-refractivity contribution in [2.45, 2.75) is 36.4 Å². The van der Waals surface area contributed by atoms with Gasteiger partial charge in [0.05, 0.1) is 18.3 Å². The van der Waals surface area contributed by atoms with Gasteiger partial charge in [-0.15, -0.1) is 16.4 Å². The molecule has 0 bridgehead atoms. The Labute approximate surface area is 134 Å². The van der Waals surface area contributed by atoms with E-state index in [1.165, 1.54) is 11.8 Å². The van der Waals surface area contributed by atoms with Gasteiger partial charge in [-0.05, 0) is 12.8 Å². The number of aromatic amines is 1. The van der Waals surface area contributed by atoms with Gasteiger partial charge < -0.3 is 4.74 Å². The quantitative estimate of drug-likeness (QED) is 0.718. The molecule has 0 saturated carbocycles. The fraction of sp³-hybridized carbons (Fsp3) is 0.462. The van der Waals surface area contributed by atoms with E-state index in [4.69, 9.17) is 4.74 Å². The minimum Gasteiger partial charge on any atom is -0.376 e. The van der Waals surface area contributed by atoms with Crippen LogP contribution in [0.25, 0.3) is 4.96 Å². The number of fused-ring (bicyclic) bond motifs is 1. The van der Waals surface area contributed by atoms with Gasteiger partial charge in [0.1, 0.15) is 0 Å². The predicted molar refractivity (Wildman–Crippen MR) is 84.5 cm³/mol. The molecule has 1 atom stereocenters. The first-order valence-electron chi connectivity index (χ1n) is 7.10. The van der Waals surface area contributed by atoms with Crippen LogP contribution in [-0.2, 0) is 17.0 Å². The number of thioether (sulfide) groups is 1. The Bertz CT molecular complexity index is 798. The lowest BCUT2D eigenvalue weighted by molar-refractivity contribution is 0.0941. The van der Waals surface area contributed by atoms with Crippen molar-refractivity contribution in [3.63, 3.8) is 0 Å². The van der Waals surface area contributed by atoms with Crippen molar-refractivity contribution in [3.05, 3.63) is 34.0 Å². The average molecular weight is 337 g/mol. The van der Waals surface area contributed by atoms with Crippen LogP contribution in [0.5, 0.6) is 0 Å². The molecule has 3 aromatic rings. The summed E-state index contributed by atoms with van der Waals surface area (Å²) in [6, 6.07) is 0. The number of rotatable bonds is 5. The third-order valence-corrected chi connectivity index (χ3v) is 5.41. The Balaban J connectivity index is 1.48. The van der Waals surface area contributed by atoms with E-state index < -0.39 is 0 Å². The van der Waals surface area contributed by atoms with Crippen molar-refractivity contribution in [3.8, 4) is 0 Å². The van der Waals surface area contributed by atoms with Crippen molar-refractivity contribution < 1.29 is 4.74 Å². The largest absolute Gasteiger partial charge is 0.376 e. The maximum absolute atomic E-state index is 11.9. The van der Waals surface area contributed by atoms with Crippen molar-refractivity contribution in [2.75, 3.05) is 6.61 Å². The first kappa shape index (κ1) is 14.0. The molecule has 9 heteroatoms. The molecule has 1 fully saturated rings. The molecular weight excluding hydrogens is 322 g/mol. The highest BCUT2D eigenvalue weighted by Gasteiger charge is 2.19. The SMILES string of the molecule is O=c1[nH]nc(SCc2cn3ccsc3n2)n1C[C@H]1CCCO1. The zero-order valence-corrected chi connectivity index (χ0v) is 13.4. The second kappa shape index (κ2) is 5.90.